The lowest BCUT2D eigenvalue weighted by molar-refractivity contribution is 0.428. The van der Waals surface area contributed by atoms with Gasteiger partial charge in [0.2, 0.25) is 0 Å². The van der Waals surface area contributed by atoms with E-state index in [1.165, 1.54) is 32.4 Å². The van der Waals surface area contributed by atoms with Crippen molar-refractivity contribution in [3.63, 3.8) is 0 Å². The summed E-state index contributed by atoms with van der Waals surface area (Å²) in [4.78, 5) is 54.6. The van der Waals surface area contributed by atoms with Crippen LogP contribution < -0.4 is 22.5 Å². The molecule has 294 valence electrons. The predicted octanol–water partition coefficient (Wildman–Crippen LogP) is 4.69. The fourth-order valence-electron chi connectivity index (χ4n) is 10.2. The van der Waals surface area contributed by atoms with Crippen LogP contribution in [-0.2, 0) is 54.1 Å². The van der Waals surface area contributed by atoms with E-state index in [2.05, 4.69) is 43.6 Å². The average molecular weight is 777 g/mol. The van der Waals surface area contributed by atoms with Crippen molar-refractivity contribution < 1.29 is 0 Å². The van der Waals surface area contributed by atoms with Crippen LogP contribution in [0.15, 0.2) is 79.8 Å². The molecule has 0 bridgehead atoms. The SMILES string of the molecule is Cn1c(=O)c2c3c4c(n(Cc5ccccc5)c3nnc2n(C)c1=O)C(C1CCCCc2c1n(Cc1ccccc1)c1nnc3c(c(=O)n(C)c(=O)n3C)c21)CCCC4. The van der Waals surface area contributed by atoms with Gasteiger partial charge in [0.25, 0.3) is 11.1 Å². The molecule has 0 aliphatic heterocycles. The zero-order valence-electron chi connectivity index (χ0n) is 33.1. The van der Waals surface area contributed by atoms with E-state index in [1.54, 1.807) is 14.1 Å². The highest BCUT2D eigenvalue weighted by atomic mass is 16.2. The van der Waals surface area contributed by atoms with E-state index in [1.807, 2.05) is 36.4 Å². The molecule has 0 N–H and O–H groups in total. The maximum atomic E-state index is 14.2. The van der Waals surface area contributed by atoms with E-state index in [-0.39, 0.29) is 34.2 Å². The van der Waals surface area contributed by atoms with Crippen LogP contribution in [-0.4, -0.2) is 47.8 Å². The van der Waals surface area contributed by atoms with Gasteiger partial charge >= 0.3 is 11.4 Å². The summed E-state index contributed by atoms with van der Waals surface area (Å²) in [7, 11) is 6.33. The fraction of sp³-hybridized carbons (Fsp3) is 0.364. The van der Waals surface area contributed by atoms with Crippen molar-refractivity contribution in [3.8, 4) is 0 Å². The molecule has 0 saturated heterocycles. The number of nitrogens with zero attached hydrogens (tertiary/aromatic N) is 10. The molecule has 2 aliphatic rings. The zero-order valence-corrected chi connectivity index (χ0v) is 33.1. The van der Waals surface area contributed by atoms with Gasteiger partial charge in [-0.2, -0.15) is 0 Å². The Hall–Kier alpha value is -6.44. The van der Waals surface area contributed by atoms with Gasteiger partial charge in [0.05, 0.1) is 10.8 Å². The van der Waals surface area contributed by atoms with Gasteiger partial charge in [-0.3, -0.25) is 27.9 Å². The second-order valence-electron chi connectivity index (χ2n) is 16.2. The standard InChI is InChI=1S/C44H44N10O4/c1-49-37-33(41(55)51(3)43(49)57)31-29-21-13-11-19-27(35(29)53(39(31)47-45-37)23-25-15-7-5-8-16-25)28-20-12-14-22-30-32-34-38(50(2)44(58)52(4)42(34)56)46-48-40(32)54(36(28)30)24-26-17-9-6-10-18-26/h5-10,15-18,27-28H,11-14,19-24H2,1-4H3. The Morgan fingerprint density at radius 3 is 1.26 bits per heavy atom. The normalized spacial score (nSPS) is 17.2. The molecular weight excluding hydrogens is 733 g/mol. The van der Waals surface area contributed by atoms with Crippen molar-refractivity contribution in [3.05, 3.63) is 136 Å². The Morgan fingerprint density at radius 1 is 0.483 bits per heavy atom. The summed E-state index contributed by atoms with van der Waals surface area (Å²) < 4.78 is 9.77. The minimum absolute atomic E-state index is 0.00365. The maximum absolute atomic E-state index is 14.2. The van der Waals surface area contributed by atoms with Gasteiger partial charge in [0, 0.05) is 75.3 Å². The Bertz CT molecular complexity index is 3010. The van der Waals surface area contributed by atoms with E-state index in [0.29, 0.717) is 35.2 Å². The lowest BCUT2D eigenvalue weighted by Crippen LogP contribution is -2.37. The quantitative estimate of drug-likeness (QED) is 0.229. The third-order valence-corrected chi connectivity index (χ3v) is 12.9. The second kappa shape index (κ2) is 13.6. The molecule has 6 heterocycles. The third-order valence-electron chi connectivity index (χ3n) is 12.9. The highest BCUT2D eigenvalue weighted by Gasteiger charge is 2.39. The van der Waals surface area contributed by atoms with Crippen molar-refractivity contribution in [1.82, 2.24) is 47.8 Å². The largest absolute Gasteiger partial charge is 0.332 e. The molecule has 2 aromatic carbocycles. The monoisotopic (exact) mass is 776 g/mol. The molecule has 58 heavy (non-hydrogen) atoms. The summed E-state index contributed by atoms with van der Waals surface area (Å²) >= 11 is 0. The van der Waals surface area contributed by atoms with Crippen LogP contribution in [0.3, 0.4) is 0 Å². The average Bonchev–Trinajstić information content (AvgIpc) is 3.47. The first-order chi connectivity index (χ1) is 28.2. The van der Waals surface area contributed by atoms with Crippen LogP contribution in [0.25, 0.3) is 44.1 Å². The Labute approximate surface area is 331 Å². The molecule has 8 aromatic rings. The van der Waals surface area contributed by atoms with Crippen LogP contribution in [0.4, 0.5) is 0 Å². The Morgan fingerprint density at radius 2 is 0.862 bits per heavy atom. The molecular formula is C44H44N10O4. The van der Waals surface area contributed by atoms with Gasteiger partial charge in [-0.05, 0) is 60.8 Å². The fourth-order valence-corrected chi connectivity index (χ4v) is 10.2. The number of aromatic nitrogens is 10. The highest BCUT2D eigenvalue weighted by molar-refractivity contribution is 6.05. The van der Waals surface area contributed by atoms with Gasteiger partial charge in [-0.15, -0.1) is 20.4 Å². The van der Waals surface area contributed by atoms with Gasteiger partial charge in [0.1, 0.15) is 0 Å². The molecule has 14 nitrogen and oxygen atoms in total. The summed E-state index contributed by atoms with van der Waals surface area (Å²) in [6, 6.07) is 20.6. The summed E-state index contributed by atoms with van der Waals surface area (Å²) in [5.41, 5.74) is 6.89. The highest BCUT2D eigenvalue weighted by Crippen LogP contribution is 2.50. The molecule has 0 saturated carbocycles. The summed E-state index contributed by atoms with van der Waals surface area (Å²) in [6.07, 6.45) is 7.13. The van der Waals surface area contributed by atoms with Crippen molar-refractivity contribution in [2.45, 2.75) is 76.3 Å². The van der Waals surface area contributed by atoms with Gasteiger partial charge in [-0.25, -0.2) is 9.59 Å². The number of hydrogen-bond acceptors (Lipinski definition) is 8. The lowest BCUT2D eigenvalue weighted by atomic mass is 9.79. The van der Waals surface area contributed by atoms with Crippen molar-refractivity contribution in [2.24, 2.45) is 28.2 Å². The molecule has 0 spiro atoms. The number of benzene rings is 2. The molecule has 2 aliphatic carbocycles. The maximum Gasteiger partial charge on any atom is 0.332 e. The van der Waals surface area contributed by atoms with Crippen molar-refractivity contribution in [1.29, 1.82) is 0 Å². The first-order valence-corrected chi connectivity index (χ1v) is 20.2. The lowest BCUT2D eigenvalue weighted by Gasteiger charge is -2.30. The van der Waals surface area contributed by atoms with Crippen LogP contribution >= 0.6 is 0 Å². The number of fused-ring (bicyclic) bond motifs is 10. The summed E-state index contributed by atoms with van der Waals surface area (Å²) in [5.74, 6) is 0.00730. The van der Waals surface area contributed by atoms with Crippen molar-refractivity contribution >= 4 is 44.1 Å². The van der Waals surface area contributed by atoms with E-state index in [9.17, 15) is 19.2 Å². The third kappa shape index (κ3) is 5.22. The predicted molar refractivity (Wildman–Crippen MR) is 223 cm³/mol. The molecule has 2 unspecified atom stereocenters. The molecule has 0 amide bonds. The van der Waals surface area contributed by atoms with Gasteiger partial charge in [-0.1, -0.05) is 73.5 Å². The zero-order chi connectivity index (χ0) is 40.0. The van der Waals surface area contributed by atoms with E-state index in [0.717, 1.165) is 95.8 Å². The van der Waals surface area contributed by atoms with Gasteiger partial charge < -0.3 is 9.13 Å². The molecule has 10 rings (SSSR count). The Balaban J connectivity index is 1.31. The van der Waals surface area contributed by atoms with Crippen LogP contribution in [0.2, 0.25) is 0 Å². The molecule has 0 radical (unpaired) electrons. The molecule has 6 aromatic heterocycles. The number of hydrogen-bond donors (Lipinski definition) is 0. The Kier molecular flexibility index (Phi) is 8.43. The number of aryl methyl sites for hydroxylation is 4. The summed E-state index contributed by atoms with van der Waals surface area (Å²) in [6.45, 7) is 1.06. The smallest absolute Gasteiger partial charge is 0.323 e. The topological polar surface area (TPSA) is 149 Å². The first kappa shape index (κ1) is 35.9. The summed E-state index contributed by atoms with van der Waals surface area (Å²) in [5, 5.41) is 21.2. The first-order valence-electron chi connectivity index (χ1n) is 20.2. The second-order valence-corrected chi connectivity index (χ2v) is 16.2. The van der Waals surface area contributed by atoms with Crippen LogP contribution in [0.1, 0.15) is 84.0 Å². The minimum Gasteiger partial charge on any atom is -0.323 e. The molecule has 2 atom stereocenters. The molecule has 0 fully saturated rings. The van der Waals surface area contributed by atoms with E-state index >= 15 is 0 Å². The van der Waals surface area contributed by atoms with Crippen molar-refractivity contribution in [2.75, 3.05) is 0 Å². The van der Waals surface area contributed by atoms with Crippen LogP contribution in [0, 0.1) is 0 Å². The molecule has 14 heteroatoms. The number of rotatable bonds is 5. The van der Waals surface area contributed by atoms with Gasteiger partial charge in [0.15, 0.2) is 22.6 Å². The van der Waals surface area contributed by atoms with Crippen LogP contribution in [0.5, 0.6) is 0 Å². The van der Waals surface area contributed by atoms with E-state index < -0.39 is 11.4 Å². The van der Waals surface area contributed by atoms with E-state index in [4.69, 9.17) is 10.2 Å². The minimum atomic E-state index is -0.443.